The van der Waals surface area contributed by atoms with Crippen LogP contribution in [0, 0.1) is 30.3 Å². The van der Waals surface area contributed by atoms with Crippen LogP contribution in [0.4, 0.5) is 13.2 Å². The fourth-order valence-electron chi connectivity index (χ4n) is 10.6. The van der Waals surface area contributed by atoms with Crippen LogP contribution < -0.4 is 16.4 Å². The Balaban J connectivity index is 0.000000250. The molecule has 2 aliphatic rings. The average Bonchev–Trinajstić information content (AvgIpc) is 3.41. The van der Waals surface area contributed by atoms with Crippen LogP contribution in [0.1, 0.15) is 60.9 Å². The first kappa shape index (κ1) is 58.8. The number of carbonyl (C=O) groups is 5. The molecule has 4 amide bonds. The van der Waals surface area contributed by atoms with Crippen molar-refractivity contribution in [3.63, 3.8) is 0 Å². The van der Waals surface area contributed by atoms with E-state index in [2.05, 4.69) is 57.7 Å². The van der Waals surface area contributed by atoms with Crippen molar-refractivity contribution in [3.05, 3.63) is 154 Å². The van der Waals surface area contributed by atoms with Gasteiger partial charge >= 0.3 is 0 Å². The molecule has 6 atom stereocenters. The van der Waals surface area contributed by atoms with E-state index in [-0.39, 0.29) is 78.0 Å². The predicted molar refractivity (Wildman–Crippen MR) is 293 cm³/mol. The third kappa shape index (κ3) is 16.3. The van der Waals surface area contributed by atoms with E-state index < -0.39 is 18.0 Å². The van der Waals surface area contributed by atoms with E-state index in [1.807, 2.05) is 49.0 Å². The van der Waals surface area contributed by atoms with Gasteiger partial charge in [0.1, 0.15) is 23.2 Å². The maximum absolute atomic E-state index is 14.1. The largest absolute Gasteiger partial charge is 0.358 e. The number of ketones is 1. The molecule has 0 aliphatic carbocycles. The van der Waals surface area contributed by atoms with Gasteiger partial charge in [0, 0.05) is 77.8 Å². The van der Waals surface area contributed by atoms with Gasteiger partial charge in [0.25, 0.3) is 0 Å². The number of hydrogen-bond acceptors (Lipinski definition) is 9. The summed E-state index contributed by atoms with van der Waals surface area (Å²) in [5.41, 5.74) is 10.3. The Kier molecular flexibility index (Phi) is 21.7. The lowest BCUT2D eigenvalue weighted by Crippen LogP contribution is -2.62. The van der Waals surface area contributed by atoms with Crippen LogP contribution >= 0.6 is 0 Å². The summed E-state index contributed by atoms with van der Waals surface area (Å²) in [7, 11) is 6.92. The summed E-state index contributed by atoms with van der Waals surface area (Å²) in [6.07, 6.45) is 3.44. The van der Waals surface area contributed by atoms with Gasteiger partial charge in [0.05, 0.1) is 24.7 Å². The van der Waals surface area contributed by atoms with Crippen LogP contribution in [0.25, 0.3) is 10.8 Å². The second-order valence-corrected chi connectivity index (χ2v) is 20.7. The number of Topliss-reactive ketones (excluding diaryl/α,β-unsaturated/α-hetero) is 1. The van der Waals surface area contributed by atoms with Crippen LogP contribution in [0.15, 0.2) is 109 Å². The van der Waals surface area contributed by atoms with Gasteiger partial charge in [0.15, 0.2) is 0 Å². The van der Waals surface area contributed by atoms with Gasteiger partial charge in [-0.2, -0.15) is 0 Å². The number of benzene rings is 5. The maximum Gasteiger partial charge on any atom is 0.240 e. The fraction of sp³-hybridized carbons (Fsp3) is 0.450. The quantitative estimate of drug-likeness (QED) is 0.0810. The first-order chi connectivity index (χ1) is 36.4. The number of hydrogen-bond donors (Lipinski definition) is 3. The molecule has 0 bridgehead atoms. The van der Waals surface area contributed by atoms with E-state index in [1.165, 1.54) is 30.3 Å². The van der Waals surface area contributed by atoms with Crippen LogP contribution in [0.5, 0.6) is 0 Å². The number of halogens is 3. The molecule has 76 heavy (non-hydrogen) atoms. The maximum atomic E-state index is 14.1. The summed E-state index contributed by atoms with van der Waals surface area (Å²) < 4.78 is 40.8. The molecule has 5 aromatic rings. The molecule has 7 rings (SSSR count). The minimum Gasteiger partial charge on any atom is -0.358 e. The number of nitrogens with zero attached hydrogens (tertiary/aromatic N) is 5. The molecule has 2 fully saturated rings. The van der Waals surface area contributed by atoms with E-state index in [0.717, 1.165) is 45.9 Å². The lowest BCUT2D eigenvalue weighted by molar-refractivity contribution is -0.143. The van der Waals surface area contributed by atoms with Gasteiger partial charge in [-0.3, -0.25) is 33.8 Å². The van der Waals surface area contributed by atoms with Crippen molar-refractivity contribution >= 4 is 40.2 Å². The van der Waals surface area contributed by atoms with Crippen molar-refractivity contribution in [2.75, 3.05) is 74.0 Å². The molecule has 6 unspecified atom stereocenters. The van der Waals surface area contributed by atoms with Gasteiger partial charge in [-0.25, -0.2) is 13.2 Å². The summed E-state index contributed by atoms with van der Waals surface area (Å²) in [6, 6.07) is 29.9. The summed E-state index contributed by atoms with van der Waals surface area (Å²) >= 11 is 0. The van der Waals surface area contributed by atoms with E-state index >= 15 is 0 Å². The van der Waals surface area contributed by atoms with Crippen molar-refractivity contribution < 1.29 is 37.1 Å². The summed E-state index contributed by atoms with van der Waals surface area (Å²) in [4.78, 5) is 75.5. The Morgan fingerprint density at radius 3 is 1.72 bits per heavy atom. The van der Waals surface area contributed by atoms with Crippen molar-refractivity contribution in [2.45, 2.75) is 95.9 Å². The molecule has 16 heteroatoms. The van der Waals surface area contributed by atoms with Crippen molar-refractivity contribution in [2.24, 2.45) is 11.7 Å². The first-order valence-electron chi connectivity index (χ1n) is 26.5. The van der Waals surface area contributed by atoms with Gasteiger partial charge in [-0.15, -0.1) is 0 Å². The lowest BCUT2D eigenvalue weighted by atomic mass is 9.91. The summed E-state index contributed by atoms with van der Waals surface area (Å²) in [6.45, 7) is 9.10. The third-order valence-corrected chi connectivity index (χ3v) is 14.6. The number of nitrogens with one attached hydrogen (secondary N) is 2. The number of rotatable bonds is 20. The van der Waals surface area contributed by atoms with Crippen molar-refractivity contribution in [3.8, 4) is 0 Å². The average molecular weight is 1050 g/mol. The van der Waals surface area contributed by atoms with Gasteiger partial charge in [0.2, 0.25) is 23.6 Å². The normalized spacial score (nSPS) is 17.8. The third-order valence-electron chi connectivity index (χ3n) is 14.6. The molecular formula is C60H77F3N8O5. The zero-order valence-corrected chi connectivity index (χ0v) is 45.2. The van der Waals surface area contributed by atoms with E-state index in [1.54, 1.807) is 56.3 Å². The zero-order chi connectivity index (χ0) is 55.1. The number of nitrogens with two attached hydrogens (primary N) is 1. The zero-order valence-electron chi connectivity index (χ0n) is 45.2. The number of aryl methyl sites for hydroxylation is 1. The Bertz CT molecular complexity index is 2740. The summed E-state index contributed by atoms with van der Waals surface area (Å²) in [5, 5.41) is 7.86. The predicted octanol–water partition coefficient (Wildman–Crippen LogP) is 6.36. The molecule has 0 aromatic heterocycles. The Morgan fingerprint density at radius 2 is 1.17 bits per heavy atom. The molecule has 4 N–H and O–H groups in total. The second kappa shape index (κ2) is 28.1. The lowest BCUT2D eigenvalue weighted by Gasteiger charge is -2.44. The van der Waals surface area contributed by atoms with Crippen molar-refractivity contribution in [1.29, 1.82) is 0 Å². The molecule has 5 aromatic carbocycles. The van der Waals surface area contributed by atoms with Gasteiger partial charge in [-0.1, -0.05) is 92.2 Å². The number of piperazine rings is 2. The fourth-order valence-corrected chi connectivity index (χ4v) is 10.6. The molecule has 13 nitrogen and oxygen atoms in total. The van der Waals surface area contributed by atoms with Crippen LogP contribution in [0.2, 0.25) is 0 Å². The number of likely N-dealkylation sites (N-methyl/N-ethyl adjacent to an activating group) is 3. The van der Waals surface area contributed by atoms with Crippen LogP contribution in [0.3, 0.4) is 0 Å². The van der Waals surface area contributed by atoms with E-state index in [0.29, 0.717) is 70.5 Å². The Labute approximate surface area is 446 Å². The molecule has 2 heterocycles. The van der Waals surface area contributed by atoms with Crippen LogP contribution in [-0.2, 0) is 49.7 Å². The molecule has 0 radical (unpaired) electrons. The minimum absolute atomic E-state index is 0.00295. The standard InChI is InChI=1S/C33H41FN4O3.C27H36F2N4O2/c1-23-21-37(31(32(40)35-2)19-25-9-12-26-7-5-6-8-27(26)18-25)15-16-38(23)33(41)28(20-30(39)22-36(3)4)17-24-10-13-29(34)14-11-24;1-4-5-22-17-32(25(26(34)31-3)16-20-7-6-18(2)23(29)14-20)12-13-33(22)27(35)24(30)15-19-8-10-21(28)11-9-19/h5-14,18,23,28,31H,15-17,19-22H2,1-4H3,(H,35,40);6-11,14,22,24-25H,4-5,12-13,15-17,30H2,1-3H3,(H,31,34). The second-order valence-electron chi connectivity index (χ2n) is 20.7. The molecule has 2 aliphatic heterocycles. The highest BCUT2D eigenvalue weighted by molar-refractivity contribution is 5.89. The Hall–Kier alpha value is -6.46. The minimum atomic E-state index is -0.725. The highest BCUT2D eigenvalue weighted by atomic mass is 19.1. The monoisotopic (exact) mass is 1050 g/mol. The highest BCUT2D eigenvalue weighted by Crippen LogP contribution is 2.25. The number of fused-ring (bicyclic) bond motifs is 1. The van der Waals surface area contributed by atoms with Gasteiger partial charge in [-0.05, 0) is 129 Å². The molecule has 0 spiro atoms. The summed E-state index contributed by atoms with van der Waals surface area (Å²) in [5.74, 6) is -1.86. The molecule has 0 saturated carbocycles. The van der Waals surface area contributed by atoms with Gasteiger partial charge < -0.3 is 31.1 Å². The molecule has 408 valence electrons. The highest BCUT2D eigenvalue weighted by Gasteiger charge is 2.38. The smallest absolute Gasteiger partial charge is 0.240 e. The van der Waals surface area contributed by atoms with Crippen LogP contribution in [-0.4, -0.2) is 158 Å². The molecule has 2 saturated heterocycles. The van der Waals surface area contributed by atoms with E-state index in [4.69, 9.17) is 5.73 Å². The van der Waals surface area contributed by atoms with E-state index in [9.17, 15) is 37.1 Å². The first-order valence-corrected chi connectivity index (χ1v) is 26.5. The topological polar surface area (TPSA) is 152 Å². The SMILES string of the molecule is CCCC1CN(C(Cc2ccc(C)c(F)c2)C(=O)NC)CCN1C(=O)C(N)Cc1ccc(F)cc1.CNC(=O)C(Cc1ccc2ccccc2c1)N1CCN(C(=O)C(CC(=O)CN(C)C)Cc2ccc(F)cc2)C(C)C1. The van der Waals surface area contributed by atoms with Crippen molar-refractivity contribution in [1.82, 2.24) is 35.1 Å². The number of amides is 4. The number of carbonyl (C=O) groups excluding carboxylic acids is 5. The molecular weight excluding hydrogens is 970 g/mol. The Morgan fingerprint density at radius 1 is 0.645 bits per heavy atom.